The third kappa shape index (κ3) is 6.09. The summed E-state index contributed by atoms with van der Waals surface area (Å²) in [6, 6.07) is 33.4. The van der Waals surface area contributed by atoms with Crippen molar-refractivity contribution in [1.29, 1.82) is 0 Å². The molecule has 0 saturated carbocycles. The van der Waals surface area contributed by atoms with Gasteiger partial charge in [-0.05, 0) is 71.8 Å². The van der Waals surface area contributed by atoms with Gasteiger partial charge in [-0.1, -0.05) is 91.0 Å². The standard InChI is InChI=1S/C36H36N2O4/c39-25-27-11-15-29(16-12-27)28-13-9-26(10-14-28)19-22-42-33-8-4-7-32(23-33)35(31-5-2-1-3-6-31)38(36(40)41)34-24-37-20-17-30(34)18-21-37/h1-16,23,25,30,34-35H,17-22,24H2,(H,40,41)/t34?,35-/m1/s1. The van der Waals surface area contributed by atoms with Gasteiger partial charge in [-0.3, -0.25) is 9.69 Å². The zero-order valence-electron chi connectivity index (χ0n) is 23.6. The fourth-order valence-electron chi connectivity index (χ4n) is 6.52. The molecule has 214 valence electrons. The number of piperidine rings is 3. The molecule has 0 aliphatic carbocycles. The lowest BCUT2D eigenvalue weighted by Gasteiger charge is -2.50. The highest BCUT2D eigenvalue weighted by Gasteiger charge is 2.43. The minimum Gasteiger partial charge on any atom is -0.493 e. The molecule has 6 nitrogen and oxygen atoms in total. The number of amides is 1. The van der Waals surface area contributed by atoms with Crippen LogP contribution in [0.15, 0.2) is 103 Å². The molecule has 0 aromatic heterocycles. The lowest BCUT2D eigenvalue weighted by atomic mass is 9.81. The van der Waals surface area contributed by atoms with Crippen LogP contribution in [0.3, 0.4) is 0 Å². The average Bonchev–Trinajstić information content (AvgIpc) is 3.05. The van der Waals surface area contributed by atoms with Gasteiger partial charge in [-0.15, -0.1) is 0 Å². The fourth-order valence-corrected chi connectivity index (χ4v) is 6.52. The van der Waals surface area contributed by atoms with E-state index in [-0.39, 0.29) is 6.04 Å². The summed E-state index contributed by atoms with van der Waals surface area (Å²) in [6.45, 7) is 3.42. The number of nitrogens with zero attached hydrogens (tertiary/aromatic N) is 2. The van der Waals surface area contributed by atoms with Crippen molar-refractivity contribution in [3.63, 3.8) is 0 Å². The molecule has 3 saturated heterocycles. The predicted octanol–water partition coefficient (Wildman–Crippen LogP) is 6.95. The maximum absolute atomic E-state index is 12.9. The fraction of sp³-hybridized carbons (Fsp3) is 0.278. The molecule has 3 fully saturated rings. The summed E-state index contributed by atoms with van der Waals surface area (Å²) in [5, 5.41) is 10.6. The maximum Gasteiger partial charge on any atom is 0.408 e. The van der Waals surface area contributed by atoms with Crippen LogP contribution in [0.5, 0.6) is 5.75 Å². The normalized spacial score (nSPS) is 20.0. The monoisotopic (exact) mass is 560 g/mol. The Morgan fingerprint density at radius 1 is 0.881 bits per heavy atom. The van der Waals surface area contributed by atoms with Crippen LogP contribution in [0.2, 0.25) is 0 Å². The largest absolute Gasteiger partial charge is 0.493 e. The quantitative estimate of drug-likeness (QED) is 0.213. The average molecular weight is 561 g/mol. The first-order valence-corrected chi connectivity index (χ1v) is 14.7. The van der Waals surface area contributed by atoms with Crippen molar-refractivity contribution >= 4 is 12.4 Å². The Hall–Kier alpha value is -4.42. The predicted molar refractivity (Wildman–Crippen MR) is 164 cm³/mol. The van der Waals surface area contributed by atoms with Crippen molar-refractivity contribution in [2.75, 3.05) is 26.2 Å². The topological polar surface area (TPSA) is 70.1 Å². The zero-order valence-corrected chi connectivity index (χ0v) is 23.6. The number of aldehydes is 1. The summed E-state index contributed by atoms with van der Waals surface area (Å²) in [6.07, 6.45) is 2.82. The molecule has 7 rings (SSSR count). The van der Waals surface area contributed by atoms with E-state index in [9.17, 15) is 14.7 Å². The third-order valence-corrected chi connectivity index (χ3v) is 8.76. The molecular formula is C36H36N2O4. The van der Waals surface area contributed by atoms with Gasteiger partial charge in [-0.25, -0.2) is 4.79 Å². The van der Waals surface area contributed by atoms with E-state index in [2.05, 4.69) is 29.2 Å². The zero-order chi connectivity index (χ0) is 28.9. The summed E-state index contributed by atoms with van der Waals surface area (Å²) in [7, 11) is 0. The van der Waals surface area contributed by atoms with Crippen molar-refractivity contribution in [3.8, 4) is 16.9 Å². The molecule has 0 radical (unpaired) electrons. The highest BCUT2D eigenvalue weighted by Crippen LogP contribution is 2.39. The van der Waals surface area contributed by atoms with Crippen LogP contribution in [-0.4, -0.2) is 59.6 Å². The lowest BCUT2D eigenvalue weighted by Crippen LogP contribution is -2.59. The molecule has 6 heteroatoms. The lowest BCUT2D eigenvalue weighted by molar-refractivity contribution is -0.000811. The number of hydrogen-bond donors (Lipinski definition) is 1. The molecule has 2 atom stereocenters. The minimum atomic E-state index is -0.878. The Bertz CT molecular complexity index is 1500. The molecular weight excluding hydrogens is 524 g/mol. The van der Waals surface area contributed by atoms with E-state index in [1.807, 2.05) is 78.9 Å². The summed E-state index contributed by atoms with van der Waals surface area (Å²) in [4.78, 5) is 27.9. The van der Waals surface area contributed by atoms with Gasteiger partial charge < -0.3 is 14.7 Å². The Balaban J connectivity index is 1.17. The molecule has 4 aromatic carbocycles. The maximum atomic E-state index is 12.9. The number of rotatable bonds is 10. The Morgan fingerprint density at radius 2 is 1.55 bits per heavy atom. The Morgan fingerprint density at radius 3 is 2.17 bits per heavy atom. The highest BCUT2D eigenvalue weighted by molar-refractivity contribution is 5.77. The molecule has 4 aromatic rings. The third-order valence-electron chi connectivity index (χ3n) is 8.76. The summed E-state index contributed by atoms with van der Waals surface area (Å²) in [5.74, 6) is 1.12. The van der Waals surface area contributed by atoms with Crippen LogP contribution in [0.4, 0.5) is 4.79 Å². The minimum absolute atomic E-state index is 0.0364. The molecule has 3 aliphatic heterocycles. The van der Waals surface area contributed by atoms with E-state index in [0.29, 0.717) is 18.1 Å². The van der Waals surface area contributed by atoms with E-state index in [0.717, 1.165) is 73.2 Å². The second kappa shape index (κ2) is 12.6. The second-order valence-electron chi connectivity index (χ2n) is 11.3. The van der Waals surface area contributed by atoms with Crippen LogP contribution in [0, 0.1) is 5.92 Å². The highest BCUT2D eigenvalue weighted by atomic mass is 16.5. The first-order chi connectivity index (χ1) is 20.6. The van der Waals surface area contributed by atoms with Gasteiger partial charge in [-0.2, -0.15) is 0 Å². The van der Waals surface area contributed by atoms with Gasteiger partial charge in [0.05, 0.1) is 18.7 Å². The van der Waals surface area contributed by atoms with Crippen LogP contribution in [0.1, 0.15) is 45.9 Å². The SMILES string of the molecule is O=Cc1ccc(-c2ccc(CCOc3cccc([C@@H](c4ccccc4)N(C(=O)O)C4CN5CCC4CC5)c3)cc2)cc1. The van der Waals surface area contributed by atoms with Gasteiger partial charge in [0.15, 0.2) is 0 Å². The van der Waals surface area contributed by atoms with Crippen LogP contribution in [0.25, 0.3) is 11.1 Å². The molecule has 1 N–H and O–H groups in total. The number of hydrogen-bond acceptors (Lipinski definition) is 4. The van der Waals surface area contributed by atoms with E-state index in [1.54, 1.807) is 4.90 Å². The summed E-state index contributed by atoms with van der Waals surface area (Å²) >= 11 is 0. The van der Waals surface area contributed by atoms with E-state index >= 15 is 0 Å². The van der Waals surface area contributed by atoms with Crippen molar-refractivity contribution in [3.05, 3.63) is 125 Å². The van der Waals surface area contributed by atoms with E-state index in [1.165, 1.54) is 5.56 Å². The molecule has 42 heavy (non-hydrogen) atoms. The number of carboxylic acid groups (broad SMARTS) is 1. The second-order valence-corrected chi connectivity index (χ2v) is 11.3. The summed E-state index contributed by atoms with van der Waals surface area (Å²) < 4.78 is 6.20. The molecule has 3 heterocycles. The van der Waals surface area contributed by atoms with Gasteiger partial charge in [0.1, 0.15) is 12.0 Å². The van der Waals surface area contributed by atoms with Gasteiger partial charge in [0, 0.05) is 18.5 Å². The van der Waals surface area contributed by atoms with Crippen LogP contribution < -0.4 is 4.74 Å². The Labute approximate surface area is 247 Å². The van der Waals surface area contributed by atoms with Gasteiger partial charge in [0.2, 0.25) is 0 Å². The number of carbonyl (C=O) groups excluding carboxylic acids is 1. The van der Waals surface area contributed by atoms with Crippen molar-refractivity contribution in [2.24, 2.45) is 5.92 Å². The molecule has 1 unspecified atom stereocenters. The molecule has 0 spiro atoms. The smallest absolute Gasteiger partial charge is 0.408 e. The van der Waals surface area contributed by atoms with Gasteiger partial charge >= 0.3 is 6.09 Å². The molecule has 3 aliphatic rings. The Kier molecular flexibility index (Phi) is 8.33. The van der Waals surface area contributed by atoms with Crippen molar-refractivity contribution in [1.82, 2.24) is 9.80 Å². The van der Waals surface area contributed by atoms with Crippen LogP contribution in [-0.2, 0) is 6.42 Å². The van der Waals surface area contributed by atoms with E-state index < -0.39 is 12.1 Å². The first kappa shape index (κ1) is 27.7. The number of ether oxygens (including phenoxy) is 1. The molecule has 2 bridgehead atoms. The number of fused-ring (bicyclic) bond motifs is 3. The first-order valence-electron chi connectivity index (χ1n) is 14.7. The molecule has 1 amide bonds. The van der Waals surface area contributed by atoms with Crippen molar-refractivity contribution in [2.45, 2.75) is 31.3 Å². The number of carbonyl (C=O) groups is 2. The summed E-state index contributed by atoms with van der Waals surface area (Å²) in [5.41, 5.74) is 5.89. The van der Waals surface area contributed by atoms with Crippen molar-refractivity contribution < 1.29 is 19.4 Å². The van der Waals surface area contributed by atoms with E-state index in [4.69, 9.17) is 4.74 Å². The van der Waals surface area contributed by atoms with Gasteiger partial charge in [0.25, 0.3) is 0 Å². The van der Waals surface area contributed by atoms with Crippen LogP contribution >= 0.6 is 0 Å². The number of benzene rings is 4.